The molecule has 1 aromatic rings. The number of rotatable bonds is 2. The number of piperazine rings is 1. The molecule has 0 aromatic carbocycles. The van der Waals surface area contributed by atoms with Gasteiger partial charge in [-0.2, -0.15) is 0 Å². The first-order valence-corrected chi connectivity index (χ1v) is 7.26. The minimum Gasteiger partial charge on any atom is -0.311 e. The number of nitrogens with zero attached hydrogens (tertiary/aromatic N) is 2. The summed E-state index contributed by atoms with van der Waals surface area (Å²) in [7, 11) is 0. The highest BCUT2D eigenvalue weighted by atomic mass is 19.1. The van der Waals surface area contributed by atoms with E-state index < -0.39 is 0 Å². The average molecular weight is 263 g/mol. The molecule has 1 aliphatic heterocycles. The number of nitrogens with one attached hydrogen (secondary N) is 1. The Kier molecular flexibility index (Phi) is 3.54. The van der Waals surface area contributed by atoms with Crippen molar-refractivity contribution in [2.75, 3.05) is 13.1 Å². The molecule has 1 N–H and O–H groups in total. The summed E-state index contributed by atoms with van der Waals surface area (Å²) in [5.74, 6) is -0.235. The van der Waals surface area contributed by atoms with Gasteiger partial charge < -0.3 is 5.32 Å². The van der Waals surface area contributed by atoms with Gasteiger partial charge in [0.1, 0.15) is 5.82 Å². The monoisotopic (exact) mass is 263 g/mol. The molecule has 1 aromatic heterocycles. The van der Waals surface area contributed by atoms with Gasteiger partial charge in [-0.1, -0.05) is 12.8 Å². The van der Waals surface area contributed by atoms with E-state index in [9.17, 15) is 4.39 Å². The van der Waals surface area contributed by atoms with E-state index in [0.29, 0.717) is 11.6 Å². The zero-order valence-electron chi connectivity index (χ0n) is 11.5. The second-order valence-corrected chi connectivity index (χ2v) is 6.11. The van der Waals surface area contributed by atoms with Crippen LogP contribution in [0.5, 0.6) is 0 Å². The number of hydrogen-bond acceptors (Lipinski definition) is 3. The Morgan fingerprint density at radius 1 is 1.42 bits per heavy atom. The van der Waals surface area contributed by atoms with Crippen LogP contribution in [0.15, 0.2) is 18.5 Å². The van der Waals surface area contributed by atoms with Crippen molar-refractivity contribution in [2.45, 2.75) is 50.7 Å². The molecular formula is C15H22FN3. The smallest absolute Gasteiger partial charge is 0.141 e. The molecule has 2 aliphatic rings. The number of pyridine rings is 1. The number of halogens is 1. The van der Waals surface area contributed by atoms with E-state index in [-0.39, 0.29) is 5.82 Å². The Bertz CT molecular complexity index is 443. The van der Waals surface area contributed by atoms with Crippen LogP contribution in [-0.2, 0) is 6.54 Å². The Balaban J connectivity index is 1.79. The van der Waals surface area contributed by atoms with Crippen LogP contribution in [0.25, 0.3) is 0 Å². The van der Waals surface area contributed by atoms with Gasteiger partial charge in [0.05, 0.1) is 6.20 Å². The fourth-order valence-electron chi connectivity index (χ4n) is 3.59. The Labute approximate surface area is 114 Å². The molecule has 1 saturated heterocycles. The van der Waals surface area contributed by atoms with Crippen molar-refractivity contribution in [2.24, 2.45) is 0 Å². The van der Waals surface area contributed by atoms with Crippen molar-refractivity contribution in [1.82, 2.24) is 15.2 Å². The maximum atomic E-state index is 13.3. The third kappa shape index (κ3) is 2.65. The van der Waals surface area contributed by atoms with Gasteiger partial charge in [0.25, 0.3) is 0 Å². The molecule has 0 radical (unpaired) electrons. The average Bonchev–Trinajstić information content (AvgIpc) is 2.84. The first-order chi connectivity index (χ1) is 9.18. The van der Waals surface area contributed by atoms with Crippen molar-refractivity contribution >= 4 is 0 Å². The second-order valence-electron chi connectivity index (χ2n) is 6.11. The largest absolute Gasteiger partial charge is 0.311 e. The van der Waals surface area contributed by atoms with E-state index in [2.05, 4.69) is 22.1 Å². The van der Waals surface area contributed by atoms with Gasteiger partial charge in [-0.05, 0) is 31.4 Å². The summed E-state index contributed by atoms with van der Waals surface area (Å²) in [6, 6.07) is 2.12. The van der Waals surface area contributed by atoms with Gasteiger partial charge in [-0.25, -0.2) is 4.39 Å². The van der Waals surface area contributed by atoms with Gasteiger partial charge >= 0.3 is 0 Å². The van der Waals surface area contributed by atoms with Crippen LogP contribution < -0.4 is 5.32 Å². The standard InChI is InChI=1S/C15H22FN3/c1-12-9-19(10-13-6-14(16)8-17-7-13)15(11-18-12)4-2-3-5-15/h6-8,12,18H,2-5,9-11H2,1H3. The van der Waals surface area contributed by atoms with E-state index in [4.69, 9.17) is 0 Å². The summed E-state index contributed by atoms with van der Waals surface area (Å²) < 4.78 is 13.3. The molecule has 1 atom stereocenters. The predicted molar refractivity (Wildman–Crippen MR) is 73.3 cm³/mol. The van der Waals surface area contributed by atoms with Crippen molar-refractivity contribution < 1.29 is 4.39 Å². The lowest BCUT2D eigenvalue weighted by molar-refractivity contribution is 0.0391. The summed E-state index contributed by atoms with van der Waals surface area (Å²) in [6.45, 7) is 5.14. The number of aromatic nitrogens is 1. The quantitative estimate of drug-likeness (QED) is 0.887. The third-order valence-electron chi connectivity index (χ3n) is 4.61. The Morgan fingerprint density at radius 3 is 2.95 bits per heavy atom. The molecule has 1 saturated carbocycles. The van der Waals surface area contributed by atoms with Gasteiger partial charge in [-0.15, -0.1) is 0 Å². The summed E-state index contributed by atoms with van der Waals surface area (Å²) in [5, 5.41) is 3.61. The van der Waals surface area contributed by atoms with Gasteiger partial charge in [0, 0.05) is 37.4 Å². The van der Waals surface area contributed by atoms with E-state index in [0.717, 1.165) is 25.2 Å². The van der Waals surface area contributed by atoms with Crippen molar-refractivity contribution in [3.05, 3.63) is 29.8 Å². The minimum absolute atomic E-state index is 0.235. The molecular weight excluding hydrogens is 241 g/mol. The van der Waals surface area contributed by atoms with Crippen LogP contribution in [0.1, 0.15) is 38.2 Å². The van der Waals surface area contributed by atoms with Gasteiger partial charge in [0.2, 0.25) is 0 Å². The SMILES string of the molecule is CC1CN(Cc2cncc(F)c2)C2(CCCC2)CN1. The Hall–Kier alpha value is -1.00. The summed E-state index contributed by atoms with van der Waals surface area (Å²) in [6.07, 6.45) is 8.21. The lowest BCUT2D eigenvalue weighted by Crippen LogP contribution is -2.62. The van der Waals surface area contributed by atoms with E-state index in [1.165, 1.54) is 31.9 Å². The lowest BCUT2D eigenvalue weighted by atomic mass is 9.90. The molecule has 19 heavy (non-hydrogen) atoms. The van der Waals surface area contributed by atoms with E-state index in [1.807, 2.05) is 0 Å². The third-order valence-corrected chi connectivity index (χ3v) is 4.61. The maximum absolute atomic E-state index is 13.3. The van der Waals surface area contributed by atoms with Gasteiger partial charge in [-0.3, -0.25) is 9.88 Å². The molecule has 4 heteroatoms. The molecule has 2 fully saturated rings. The first kappa shape index (κ1) is 13.0. The normalized spacial score (nSPS) is 26.9. The Morgan fingerprint density at radius 2 is 2.21 bits per heavy atom. The molecule has 0 amide bonds. The molecule has 1 spiro atoms. The predicted octanol–water partition coefficient (Wildman–Crippen LogP) is 2.33. The molecule has 104 valence electrons. The fourth-order valence-corrected chi connectivity index (χ4v) is 3.59. The van der Waals surface area contributed by atoms with E-state index in [1.54, 1.807) is 12.3 Å². The zero-order valence-corrected chi connectivity index (χ0v) is 11.5. The molecule has 0 bridgehead atoms. The lowest BCUT2D eigenvalue weighted by Gasteiger charge is -2.47. The summed E-state index contributed by atoms with van der Waals surface area (Å²) >= 11 is 0. The van der Waals surface area contributed by atoms with Crippen LogP contribution in [0.3, 0.4) is 0 Å². The topological polar surface area (TPSA) is 28.2 Å². The summed E-state index contributed by atoms with van der Waals surface area (Å²) in [4.78, 5) is 6.52. The highest BCUT2D eigenvalue weighted by Crippen LogP contribution is 2.37. The molecule has 1 unspecified atom stereocenters. The number of hydrogen-bond donors (Lipinski definition) is 1. The minimum atomic E-state index is -0.235. The highest BCUT2D eigenvalue weighted by Gasteiger charge is 2.42. The maximum Gasteiger partial charge on any atom is 0.141 e. The van der Waals surface area contributed by atoms with Crippen molar-refractivity contribution in [3.8, 4) is 0 Å². The van der Waals surface area contributed by atoms with Crippen LogP contribution in [0, 0.1) is 5.82 Å². The second kappa shape index (κ2) is 5.17. The van der Waals surface area contributed by atoms with Crippen LogP contribution in [0.4, 0.5) is 4.39 Å². The van der Waals surface area contributed by atoms with Gasteiger partial charge in [0.15, 0.2) is 0 Å². The zero-order chi connectivity index (χ0) is 13.3. The molecule has 2 heterocycles. The molecule has 3 nitrogen and oxygen atoms in total. The van der Waals surface area contributed by atoms with Crippen molar-refractivity contribution in [3.63, 3.8) is 0 Å². The van der Waals surface area contributed by atoms with Crippen molar-refractivity contribution in [1.29, 1.82) is 0 Å². The van der Waals surface area contributed by atoms with E-state index >= 15 is 0 Å². The van der Waals surface area contributed by atoms with Crippen LogP contribution >= 0.6 is 0 Å². The first-order valence-electron chi connectivity index (χ1n) is 7.26. The fraction of sp³-hybridized carbons (Fsp3) is 0.667. The molecule has 1 aliphatic carbocycles. The highest BCUT2D eigenvalue weighted by molar-refractivity contribution is 5.12. The van der Waals surface area contributed by atoms with Crippen LogP contribution in [0.2, 0.25) is 0 Å². The van der Waals surface area contributed by atoms with Crippen LogP contribution in [-0.4, -0.2) is 34.6 Å². The molecule has 3 rings (SSSR count). The summed E-state index contributed by atoms with van der Waals surface area (Å²) in [5.41, 5.74) is 1.28.